The highest BCUT2D eigenvalue weighted by Gasteiger charge is 2.22. The van der Waals surface area contributed by atoms with Gasteiger partial charge in [-0.3, -0.25) is 0 Å². The minimum absolute atomic E-state index is 0.901. The summed E-state index contributed by atoms with van der Waals surface area (Å²) in [5.41, 5.74) is 2.66. The van der Waals surface area contributed by atoms with Gasteiger partial charge in [-0.1, -0.05) is 36.4 Å². The zero-order valence-corrected chi connectivity index (χ0v) is 16.4. The minimum atomic E-state index is 0.901. The third kappa shape index (κ3) is 5.43. The van der Waals surface area contributed by atoms with Crippen molar-refractivity contribution in [3.8, 4) is 5.75 Å². The van der Waals surface area contributed by atoms with Crippen LogP contribution in [0.2, 0.25) is 0 Å². The third-order valence-corrected chi connectivity index (χ3v) is 5.47. The zero-order valence-electron chi connectivity index (χ0n) is 14.8. The predicted molar refractivity (Wildman–Crippen MR) is 106 cm³/mol. The van der Waals surface area contributed by atoms with Crippen LogP contribution in [0, 0.1) is 0 Å². The Morgan fingerprint density at radius 3 is 2.40 bits per heavy atom. The van der Waals surface area contributed by atoms with Crippen LogP contribution < -0.4 is 14.5 Å². The topological polar surface area (TPSA) is 18.1 Å². The van der Waals surface area contributed by atoms with E-state index in [1.807, 2.05) is 0 Å². The number of methoxy groups -OCH3 is 1. The number of hydrogen-bond donors (Lipinski definition) is 2. The number of benzene rings is 2. The van der Waals surface area contributed by atoms with Crippen molar-refractivity contribution < 1.29 is 14.5 Å². The number of nitrogens with one attached hydrogen (secondary N) is 2. The van der Waals surface area contributed by atoms with Gasteiger partial charge in [-0.15, -0.1) is 0 Å². The largest absolute Gasteiger partial charge is 0.496 e. The second-order valence-corrected chi connectivity index (χ2v) is 7.52. The van der Waals surface area contributed by atoms with Crippen molar-refractivity contribution in [1.82, 2.24) is 0 Å². The van der Waals surface area contributed by atoms with E-state index in [9.17, 15) is 0 Å². The van der Waals surface area contributed by atoms with E-state index in [4.69, 9.17) is 4.74 Å². The summed E-state index contributed by atoms with van der Waals surface area (Å²) in [5.74, 6) is 0.901. The van der Waals surface area contributed by atoms with Crippen LogP contribution in [0.25, 0.3) is 6.08 Å². The molecule has 3 rings (SSSR count). The van der Waals surface area contributed by atoms with Crippen molar-refractivity contribution >= 4 is 22.0 Å². The smallest absolute Gasteiger partial charge is 0.133 e. The fourth-order valence-corrected chi connectivity index (χ4v) is 3.96. The molecule has 4 heteroatoms. The first-order valence-electron chi connectivity index (χ1n) is 8.96. The van der Waals surface area contributed by atoms with E-state index in [1.54, 1.807) is 16.9 Å². The molecule has 0 aliphatic carbocycles. The molecule has 0 bridgehead atoms. The summed E-state index contributed by atoms with van der Waals surface area (Å²) in [4.78, 5) is 3.36. The maximum atomic E-state index is 5.31. The van der Waals surface area contributed by atoms with Crippen LogP contribution in [-0.2, 0) is 6.54 Å². The number of ether oxygens (including phenoxy) is 1. The summed E-state index contributed by atoms with van der Waals surface area (Å²) in [5, 5.41) is 0. The maximum absolute atomic E-state index is 5.31. The van der Waals surface area contributed by atoms with Crippen molar-refractivity contribution in [3.63, 3.8) is 0 Å². The summed E-state index contributed by atoms with van der Waals surface area (Å²) in [7, 11) is 1.71. The molecule has 1 saturated heterocycles. The molecule has 25 heavy (non-hydrogen) atoms. The Hall–Kier alpha value is -1.62. The van der Waals surface area contributed by atoms with Crippen molar-refractivity contribution in [2.45, 2.75) is 6.54 Å². The Labute approximate surface area is 159 Å². The lowest BCUT2D eigenvalue weighted by molar-refractivity contribution is -1.02. The summed E-state index contributed by atoms with van der Waals surface area (Å²) < 4.78 is 6.35. The summed E-state index contributed by atoms with van der Waals surface area (Å²) in [6, 6.07) is 17.0. The predicted octanol–water partition coefficient (Wildman–Crippen LogP) is 1.45. The summed E-state index contributed by atoms with van der Waals surface area (Å²) in [6.45, 7) is 7.17. The highest BCUT2D eigenvalue weighted by molar-refractivity contribution is 9.10. The van der Waals surface area contributed by atoms with Gasteiger partial charge in [0.15, 0.2) is 0 Å². The lowest BCUT2D eigenvalue weighted by Crippen LogP contribution is -3.27. The van der Waals surface area contributed by atoms with Crippen LogP contribution >= 0.6 is 15.9 Å². The molecule has 0 atom stereocenters. The highest BCUT2D eigenvalue weighted by Crippen LogP contribution is 2.25. The molecule has 1 aliphatic heterocycles. The third-order valence-electron chi connectivity index (χ3n) is 4.85. The molecule has 2 aromatic rings. The van der Waals surface area contributed by atoms with Crippen LogP contribution in [0.3, 0.4) is 0 Å². The van der Waals surface area contributed by atoms with E-state index in [0.717, 1.165) is 23.3 Å². The molecule has 0 aromatic heterocycles. The van der Waals surface area contributed by atoms with E-state index in [0.29, 0.717) is 0 Å². The van der Waals surface area contributed by atoms with E-state index >= 15 is 0 Å². The van der Waals surface area contributed by atoms with Crippen LogP contribution in [0.4, 0.5) is 0 Å². The molecular weight excluding hydrogens is 376 g/mol. The van der Waals surface area contributed by atoms with Gasteiger partial charge in [-0.05, 0) is 45.8 Å². The first-order chi connectivity index (χ1) is 12.2. The van der Waals surface area contributed by atoms with E-state index in [1.165, 1.54) is 37.3 Å². The molecule has 0 unspecified atom stereocenters. The van der Waals surface area contributed by atoms with E-state index in [-0.39, 0.29) is 0 Å². The Bertz CT molecular complexity index is 694. The van der Waals surface area contributed by atoms with Gasteiger partial charge in [0.1, 0.15) is 38.5 Å². The molecule has 132 valence electrons. The minimum Gasteiger partial charge on any atom is -0.496 e. The molecule has 0 radical (unpaired) electrons. The molecule has 1 heterocycles. The van der Waals surface area contributed by atoms with Crippen molar-refractivity contribution in [2.75, 3.05) is 39.8 Å². The fraction of sp³-hybridized carbons (Fsp3) is 0.333. The van der Waals surface area contributed by atoms with Gasteiger partial charge in [-0.2, -0.15) is 0 Å². The van der Waals surface area contributed by atoms with Crippen molar-refractivity contribution in [3.05, 3.63) is 70.2 Å². The van der Waals surface area contributed by atoms with Crippen molar-refractivity contribution in [2.24, 2.45) is 0 Å². The second kappa shape index (κ2) is 9.18. The van der Waals surface area contributed by atoms with Gasteiger partial charge in [-0.25, -0.2) is 0 Å². The first-order valence-corrected chi connectivity index (χ1v) is 9.75. The fourth-order valence-electron chi connectivity index (χ4n) is 3.37. The summed E-state index contributed by atoms with van der Waals surface area (Å²) in [6.07, 6.45) is 4.55. The molecule has 0 spiro atoms. The Morgan fingerprint density at radius 2 is 1.72 bits per heavy atom. The molecule has 0 amide bonds. The van der Waals surface area contributed by atoms with Gasteiger partial charge >= 0.3 is 0 Å². The molecule has 3 nitrogen and oxygen atoms in total. The van der Waals surface area contributed by atoms with Gasteiger partial charge in [0.2, 0.25) is 0 Å². The lowest BCUT2D eigenvalue weighted by Gasteiger charge is -2.29. The number of piperazine rings is 1. The van der Waals surface area contributed by atoms with Gasteiger partial charge < -0.3 is 14.5 Å². The molecule has 1 aliphatic rings. The number of rotatable bonds is 6. The SMILES string of the molecule is COc1ccc(C[NH+]2CC[NH+](C/C=C/c3ccccc3)CC2)cc1Br. The molecule has 2 N–H and O–H groups in total. The Kier molecular flexibility index (Phi) is 6.68. The van der Waals surface area contributed by atoms with E-state index in [2.05, 4.69) is 76.6 Å². The molecule has 0 saturated carbocycles. The highest BCUT2D eigenvalue weighted by atomic mass is 79.9. The van der Waals surface area contributed by atoms with Crippen LogP contribution in [0.15, 0.2) is 59.1 Å². The van der Waals surface area contributed by atoms with Crippen LogP contribution in [0.1, 0.15) is 11.1 Å². The monoisotopic (exact) mass is 402 g/mol. The van der Waals surface area contributed by atoms with Gasteiger partial charge in [0, 0.05) is 5.56 Å². The zero-order chi connectivity index (χ0) is 17.5. The average Bonchev–Trinajstić information content (AvgIpc) is 2.64. The standard InChI is InChI=1S/C21H25BrN2O/c1-25-21-10-9-19(16-20(21)22)17-24-14-12-23(13-15-24)11-5-8-18-6-3-2-4-7-18/h2-10,16H,11-15,17H2,1H3/p+2/b8-5+. The van der Waals surface area contributed by atoms with Crippen LogP contribution in [-0.4, -0.2) is 39.8 Å². The Morgan fingerprint density at radius 1 is 1.00 bits per heavy atom. The quantitative estimate of drug-likeness (QED) is 0.748. The second-order valence-electron chi connectivity index (χ2n) is 6.66. The van der Waals surface area contributed by atoms with Crippen LogP contribution in [0.5, 0.6) is 5.75 Å². The molecular formula is C21H27BrN2O+2. The number of halogens is 1. The first kappa shape index (κ1) is 18.2. The summed E-state index contributed by atoms with van der Waals surface area (Å²) >= 11 is 3.58. The lowest BCUT2D eigenvalue weighted by atomic mass is 10.2. The van der Waals surface area contributed by atoms with Gasteiger partial charge in [0.05, 0.1) is 18.1 Å². The maximum Gasteiger partial charge on any atom is 0.133 e. The van der Waals surface area contributed by atoms with E-state index < -0.39 is 0 Å². The number of hydrogen-bond acceptors (Lipinski definition) is 1. The molecule has 2 aromatic carbocycles. The van der Waals surface area contributed by atoms with Gasteiger partial charge in [0.25, 0.3) is 0 Å². The average molecular weight is 403 g/mol. The molecule has 1 fully saturated rings. The van der Waals surface area contributed by atoms with Crippen molar-refractivity contribution in [1.29, 1.82) is 0 Å². The number of quaternary nitrogens is 2. The Balaban J connectivity index is 1.44. The normalized spacial score (nSPS) is 20.7.